The van der Waals surface area contributed by atoms with Gasteiger partial charge in [0.15, 0.2) is 0 Å². The van der Waals surface area contributed by atoms with Crippen molar-refractivity contribution in [1.29, 1.82) is 0 Å². The lowest BCUT2D eigenvalue weighted by molar-refractivity contribution is -0.386. The van der Waals surface area contributed by atoms with Crippen molar-refractivity contribution >= 4 is 23.3 Å². The van der Waals surface area contributed by atoms with E-state index in [1.807, 2.05) is 50.5 Å². The molecule has 2 aliphatic carbocycles. The fraction of sp³-hybridized carbons (Fsp3) is 0.381. The molecule has 0 spiro atoms. The van der Waals surface area contributed by atoms with Gasteiger partial charge in [0.25, 0.3) is 0 Å². The first kappa shape index (κ1) is 35.6. The molecule has 2 atom stereocenters. The van der Waals surface area contributed by atoms with Gasteiger partial charge in [-0.2, -0.15) is 0 Å². The van der Waals surface area contributed by atoms with Gasteiger partial charge in [-0.25, -0.2) is 9.59 Å². The van der Waals surface area contributed by atoms with E-state index >= 15 is 0 Å². The summed E-state index contributed by atoms with van der Waals surface area (Å²) in [5.74, 6) is -3.78. The van der Waals surface area contributed by atoms with Crippen LogP contribution in [-0.2, 0) is 33.3 Å². The number of carbonyl (C=O) groups is 2. The van der Waals surface area contributed by atoms with E-state index in [1.165, 1.54) is 35.4 Å². The van der Waals surface area contributed by atoms with Gasteiger partial charge in [-0.05, 0) is 98.1 Å². The molecule has 54 heavy (non-hydrogen) atoms. The first-order valence-electron chi connectivity index (χ1n) is 18.6. The Morgan fingerprint density at radius 1 is 0.630 bits per heavy atom. The molecule has 0 N–H and O–H groups in total. The lowest BCUT2D eigenvalue weighted by atomic mass is 9.57. The van der Waals surface area contributed by atoms with Crippen LogP contribution in [0.15, 0.2) is 84.9 Å². The number of rotatable bonds is 8. The van der Waals surface area contributed by atoms with Gasteiger partial charge in [0, 0.05) is 48.1 Å². The number of benzene rings is 4. The maximum absolute atomic E-state index is 13.5. The Hall–Kier alpha value is -5.46. The molecular weight excluding hydrogens is 688 g/mol. The van der Waals surface area contributed by atoms with E-state index in [2.05, 4.69) is 34.1 Å². The van der Waals surface area contributed by atoms with E-state index in [0.29, 0.717) is 25.9 Å². The van der Waals surface area contributed by atoms with E-state index < -0.39 is 33.2 Å². The molecule has 0 radical (unpaired) electrons. The van der Waals surface area contributed by atoms with Gasteiger partial charge in [0.1, 0.15) is 0 Å². The van der Waals surface area contributed by atoms with Crippen LogP contribution < -0.4 is 9.47 Å². The molecule has 2 fully saturated rings. The Morgan fingerprint density at radius 3 is 1.31 bits per heavy atom. The number of ether oxygens (including phenoxy) is 2. The smallest absolute Gasteiger partial charge is 0.411 e. The second-order valence-electron chi connectivity index (χ2n) is 15.3. The maximum Gasteiger partial charge on any atom is 0.423 e. The molecular formula is C42H42N4O8. The first-order valence-corrected chi connectivity index (χ1v) is 18.6. The Kier molecular flexibility index (Phi) is 9.06. The number of hydrogen-bond acceptors (Lipinski definition) is 10. The molecule has 2 unspecified atom stereocenters. The van der Waals surface area contributed by atoms with E-state index in [-0.39, 0.29) is 34.4 Å². The molecule has 12 nitrogen and oxygen atoms in total. The lowest BCUT2D eigenvalue weighted by Gasteiger charge is -2.53. The molecule has 4 aliphatic rings. The number of nitro groups is 2. The molecule has 8 rings (SSSR count). The fourth-order valence-electron chi connectivity index (χ4n) is 9.79. The number of nitrogens with zero attached hydrogens (tertiary/aromatic N) is 4. The minimum atomic E-state index is -1.51. The standard InChI is InChI=1S/C42H42N4O8/c1-43-21-15-27-23-33(45(49)50)35(25-31(27)37(43)41(17-9-18-41)29-11-5-3-6-12-29)53-39(47)40(48)54-36-26-32-28(24-34(36)46(51)52)16-22-44(2)38(32)42(19-10-20-42)30-13-7-4-8-14-30/h3-8,11-14,23-26,37-38H,9-10,15-22H2,1-2H3. The zero-order valence-corrected chi connectivity index (χ0v) is 30.4. The van der Waals surface area contributed by atoms with Crippen molar-refractivity contribution in [2.45, 2.75) is 74.3 Å². The minimum Gasteiger partial charge on any atom is -0.411 e. The van der Waals surface area contributed by atoms with Crippen LogP contribution in [-0.4, -0.2) is 58.8 Å². The molecule has 2 aliphatic heterocycles. The summed E-state index contributed by atoms with van der Waals surface area (Å²) in [7, 11) is 4.06. The lowest BCUT2D eigenvalue weighted by Crippen LogP contribution is -2.49. The molecule has 0 aromatic heterocycles. The number of esters is 2. The van der Waals surface area contributed by atoms with Crippen LogP contribution in [0.2, 0.25) is 0 Å². The molecule has 0 saturated heterocycles. The van der Waals surface area contributed by atoms with Crippen LogP contribution >= 0.6 is 0 Å². The summed E-state index contributed by atoms with van der Waals surface area (Å²) >= 11 is 0. The van der Waals surface area contributed by atoms with E-state index in [1.54, 1.807) is 0 Å². The van der Waals surface area contributed by atoms with Crippen molar-refractivity contribution in [3.05, 3.63) is 139 Å². The van der Waals surface area contributed by atoms with Gasteiger partial charge in [-0.3, -0.25) is 30.0 Å². The Bertz CT molecular complexity index is 2000. The number of nitro benzene ring substituents is 2. The van der Waals surface area contributed by atoms with Crippen molar-refractivity contribution in [2.75, 3.05) is 27.2 Å². The summed E-state index contributed by atoms with van der Waals surface area (Å²) in [5.41, 5.74) is 4.17. The minimum absolute atomic E-state index is 0.151. The van der Waals surface area contributed by atoms with Crippen molar-refractivity contribution in [3.8, 4) is 11.5 Å². The van der Waals surface area contributed by atoms with E-state index in [4.69, 9.17) is 9.47 Å². The van der Waals surface area contributed by atoms with Crippen LogP contribution in [0.1, 0.15) is 84.0 Å². The van der Waals surface area contributed by atoms with E-state index in [0.717, 1.165) is 60.8 Å². The predicted molar refractivity (Wildman–Crippen MR) is 200 cm³/mol. The molecule has 12 heteroatoms. The third-order valence-corrected chi connectivity index (χ3v) is 12.6. The van der Waals surface area contributed by atoms with Gasteiger partial charge in [0.2, 0.25) is 11.5 Å². The Balaban J connectivity index is 1.12. The highest BCUT2D eigenvalue weighted by Crippen LogP contribution is 2.58. The van der Waals surface area contributed by atoms with Gasteiger partial charge < -0.3 is 9.47 Å². The summed E-state index contributed by atoms with van der Waals surface area (Å²) in [6, 6.07) is 26.0. The zero-order valence-electron chi connectivity index (χ0n) is 30.4. The second-order valence-corrected chi connectivity index (χ2v) is 15.3. The van der Waals surface area contributed by atoms with Crippen molar-refractivity contribution in [2.24, 2.45) is 0 Å². The van der Waals surface area contributed by atoms with Crippen LogP contribution in [0.25, 0.3) is 0 Å². The predicted octanol–water partition coefficient (Wildman–Crippen LogP) is 7.32. The highest BCUT2D eigenvalue weighted by Gasteiger charge is 2.51. The molecule has 4 aromatic rings. The third-order valence-electron chi connectivity index (χ3n) is 12.6. The van der Waals surface area contributed by atoms with Crippen LogP contribution in [0, 0.1) is 20.2 Å². The largest absolute Gasteiger partial charge is 0.423 e. The third kappa shape index (κ3) is 5.84. The average Bonchev–Trinajstić information content (AvgIpc) is 3.13. The van der Waals surface area contributed by atoms with Crippen LogP contribution in [0.4, 0.5) is 11.4 Å². The van der Waals surface area contributed by atoms with Crippen molar-refractivity contribution in [1.82, 2.24) is 9.80 Å². The highest BCUT2D eigenvalue weighted by atomic mass is 16.6. The topological polar surface area (TPSA) is 145 Å². The molecule has 278 valence electrons. The quantitative estimate of drug-likeness (QED) is 0.0595. The van der Waals surface area contributed by atoms with Gasteiger partial charge in [0.05, 0.1) is 9.85 Å². The fourth-order valence-corrected chi connectivity index (χ4v) is 9.79. The van der Waals surface area contributed by atoms with E-state index in [9.17, 15) is 29.8 Å². The Morgan fingerprint density at radius 2 is 1.00 bits per heavy atom. The molecule has 0 amide bonds. The van der Waals surface area contributed by atoms with Crippen molar-refractivity contribution in [3.63, 3.8) is 0 Å². The normalized spacial score (nSPS) is 21.4. The summed E-state index contributed by atoms with van der Waals surface area (Å²) in [4.78, 5) is 54.8. The van der Waals surface area contributed by atoms with Crippen LogP contribution in [0.5, 0.6) is 11.5 Å². The van der Waals surface area contributed by atoms with Gasteiger partial charge in [-0.1, -0.05) is 73.5 Å². The number of fused-ring (bicyclic) bond motifs is 2. The molecule has 0 bridgehead atoms. The monoisotopic (exact) mass is 730 g/mol. The highest BCUT2D eigenvalue weighted by molar-refractivity contribution is 6.31. The average molecular weight is 731 g/mol. The summed E-state index contributed by atoms with van der Waals surface area (Å²) in [5, 5.41) is 24.6. The van der Waals surface area contributed by atoms with Crippen molar-refractivity contribution < 1.29 is 28.9 Å². The number of carbonyl (C=O) groups excluding carboxylic acids is 2. The van der Waals surface area contributed by atoms with Gasteiger partial charge >= 0.3 is 23.3 Å². The second kappa shape index (κ2) is 13.7. The van der Waals surface area contributed by atoms with Crippen LogP contribution in [0.3, 0.4) is 0 Å². The molecule has 2 saturated carbocycles. The van der Waals surface area contributed by atoms with Gasteiger partial charge in [-0.15, -0.1) is 0 Å². The number of hydrogen-bond donors (Lipinski definition) is 0. The zero-order chi connectivity index (χ0) is 37.8. The molecule has 2 heterocycles. The number of likely N-dealkylation sites (N-methyl/N-ethyl adjacent to an activating group) is 2. The maximum atomic E-state index is 13.5. The SMILES string of the molecule is CN1CCc2cc([N+](=O)[O-])c(OC(=O)C(=O)Oc3cc4c(cc3[N+](=O)[O-])CCN(C)C4C3(c4ccccc4)CCC3)cc2C1C1(c2ccccc2)CCC1. The Labute approximate surface area is 313 Å². The summed E-state index contributed by atoms with van der Waals surface area (Å²) in [6.07, 6.45) is 6.89. The molecule has 4 aromatic carbocycles. The first-order chi connectivity index (χ1) is 26.0. The summed E-state index contributed by atoms with van der Waals surface area (Å²) in [6.45, 7) is 1.38. The summed E-state index contributed by atoms with van der Waals surface area (Å²) < 4.78 is 11.0.